The highest BCUT2D eigenvalue weighted by Crippen LogP contribution is 2.32. The average Bonchev–Trinajstić information content (AvgIpc) is 3.01. The van der Waals surface area contributed by atoms with E-state index in [9.17, 15) is 8.42 Å². The predicted molar refractivity (Wildman–Crippen MR) is 62.7 cm³/mol. The molecule has 1 aliphatic rings. The van der Waals surface area contributed by atoms with Gasteiger partial charge in [0.15, 0.2) is 0 Å². The molecule has 1 aromatic rings. The molecule has 0 aromatic carbocycles. The third kappa shape index (κ3) is 2.70. The first kappa shape index (κ1) is 12.6. The fraction of sp³-hybridized carbons (Fsp3) is 0.636. The Morgan fingerprint density at radius 3 is 2.76 bits per heavy atom. The number of furan rings is 1. The second-order valence-electron chi connectivity index (χ2n) is 4.39. The van der Waals surface area contributed by atoms with Crippen molar-refractivity contribution < 1.29 is 17.9 Å². The summed E-state index contributed by atoms with van der Waals surface area (Å²) in [5.74, 6) is 0.630. The molecule has 1 N–H and O–H groups in total. The van der Waals surface area contributed by atoms with Gasteiger partial charge in [0.05, 0.1) is 24.7 Å². The zero-order chi connectivity index (χ0) is 12.5. The molecule has 6 heteroatoms. The molecule has 2 rings (SSSR count). The Morgan fingerprint density at radius 2 is 2.29 bits per heavy atom. The summed E-state index contributed by atoms with van der Waals surface area (Å²) in [6.07, 6.45) is 3.30. The maximum atomic E-state index is 12.2. The van der Waals surface area contributed by atoms with E-state index in [0.29, 0.717) is 5.76 Å². The Hall–Kier alpha value is -0.850. The summed E-state index contributed by atoms with van der Waals surface area (Å²) in [5.41, 5.74) is 0. The van der Waals surface area contributed by atoms with Crippen LogP contribution in [0.1, 0.15) is 25.5 Å². The zero-order valence-corrected chi connectivity index (χ0v) is 10.6. The van der Waals surface area contributed by atoms with E-state index in [0.717, 1.165) is 12.8 Å². The second kappa shape index (κ2) is 4.80. The molecule has 1 heterocycles. The van der Waals surface area contributed by atoms with E-state index in [1.807, 2.05) is 0 Å². The van der Waals surface area contributed by atoms with Crippen molar-refractivity contribution in [3.63, 3.8) is 0 Å². The second-order valence-corrected chi connectivity index (χ2v) is 6.70. The monoisotopic (exact) mass is 259 g/mol. The van der Waals surface area contributed by atoms with Crippen molar-refractivity contribution in [1.82, 2.24) is 4.31 Å². The molecule has 0 bridgehead atoms. The molecular formula is C11H17NO4S. The average molecular weight is 259 g/mol. The minimum absolute atomic E-state index is 0.0686. The van der Waals surface area contributed by atoms with E-state index >= 15 is 0 Å². The third-order valence-electron chi connectivity index (χ3n) is 2.94. The van der Waals surface area contributed by atoms with Crippen molar-refractivity contribution in [2.45, 2.75) is 37.6 Å². The van der Waals surface area contributed by atoms with E-state index in [4.69, 9.17) is 9.52 Å². The fourth-order valence-corrected chi connectivity index (χ4v) is 3.26. The molecule has 5 nitrogen and oxygen atoms in total. The summed E-state index contributed by atoms with van der Waals surface area (Å²) in [6, 6.07) is 3.57. The molecule has 0 saturated heterocycles. The number of aliphatic hydroxyl groups excluding tert-OH is 1. The van der Waals surface area contributed by atoms with Crippen LogP contribution in [-0.4, -0.2) is 35.7 Å². The van der Waals surface area contributed by atoms with Crippen molar-refractivity contribution in [3.8, 4) is 0 Å². The topological polar surface area (TPSA) is 70.8 Å². The lowest BCUT2D eigenvalue weighted by Gasteiger charge is -2.23. The number of aliphatic hydroxyl groups is 1. The van der Waals surface area contributed by atoms with Gasteiger partial charge in [-0.05, 0) is 31.9 Å². The van der Waals surface area contributed by atoms with Gasteiger partial charge in [0.2, 0.25) is 10.0 Å². The van der Waals surface area contributed by atoms with E-state index in [2.05, 4.69) is 0 Å². The van der Waals surface area contributed by atoms with Gasteiger partial charge in [-0.15, -0.1) is 0 Å². The quantitative estimate of drug-likeness (QED) is 0.826. The van der Waals surface area contributed by atoms with Gasteiger partial charge in [-0.25, -0.2) is 8.42 Å². The van der Waals surface area contributed by atoms with Crippen LogP contribution in [0.4, 0.5) is 0 Å². The zero-order valence-electron chi connectivity index (χ0n) is 9.74. The van der Waals surface area contributed by atoms with Crippen molar-refractivity contribution in [2.24, 2.45) is 0 Å². The lowest BCUT2D eigenvalue weighted by molar-refractivity contribution is 0.284. The molecule has 1 aromatic heterocycles. The SMILES string of the molecule is CC(CO)S(=O)(=O)N(Cc1ccco1)C1CC1. The predicted octanol–water partition coefficient (Wildman–Crippen LogP) is 0.955. The molecule has 17 heavy (non-hydrogen) atoms. The van der Waals surface area contributed by atoms with Gasteiger partial charge < -0.3 is 9.52 Å². The molecule has 0 aliphatic heterocycles. The molecule has 1 fully saturated rings. The first-order valence-corrected chi connectivity index (χ1v) is 7.20. The Kier molecular flexibility index (Phi) is 3.56. The van der Waals surface area contributed by atoms with E-state index in [-0.39, 0.29) is 19.2 Å². The van der Waals surface area contributed by atoms with Crippen LogP contribution in [0.25, 0.3) is 0 Å². The summed E-state index contributed by atoms with van der Waals surface area (Å²) in [6.45, 7) is 1.42. The van der Waals surface area contributed by atoms with Crippen molar-refractivity contribution in [1.29, 1.82) is 0 Å². The molecule has 96 valence electrons. The van der Waals surface area contributed by atoms with Gasteiger partial charge in [0, 0.05) is 6.04 Å². The lowest BCUT2D eigenvalue weighted by Crippen LogP contribution is -2.40. The van der Waals surface area contributed by atoms with E-state index in [1.165, 1.54) is 17.5 Å². The highest BCUT2D eigenvalue weighted by Gasteiger charge is 2.40. The molecule has 0 amide bonds. The molecule has 1 atom stereocenters. The summed E-state index contributed by atoms with van der Waals surface area (Å²) in [5, 5.41) is 8.25. The van der Waals surface area contributed by atoms with Gasteiger partial charge in [-0.3, -0.25) is 0 Å². The van der Waals surface area contributed by atoms with Crippen LogP contribution in [0.5, 0.6) is 0 Å². The minimum atomic E-state index is -3.44. The maximum absolute atomic E-state index is 12.2. The van der Waals surface area contributed by atoms with E-state index in [1.54, 1.807) is 12.1 Å². The third-order valence-corrected chi connectivity index (χ3v) is 5.19. The number of hydrogen-bond donors (Lipinski definition) is 1. The normalized spacial score (nSPS) is 18.5. The van der Waals surface area contributed by atoms with Crippen LogP contribution in [-0.2, 0) is 16.6 Å². The molecule has 1 saturated carbocycles. The molecule has 0 radical (unpaired) electrons. The van der Waals surface area contributed by atoms with E-state index < -0.39 is 15.3 Å². The highest BCUT2D eigenvalue weighted by atomic mass is 32.2. The van der Waals surface area contributed by atoms with Gasteiger partial charge in [0.25, 0.3) is 0 Å². The largest absolute Gasteiger partial charge is 0.468 e. The van der Waals surface area contributed by atoms with Crippen LogP contribution in [0.3, 0.4) is 0 Å². The fourth-order valence-electron chi connectivity index (χ4n) is 1.67. The van der Waals surface area contributed by atoms with Crippen LogP contribution in [0, 0.1) is 0 Å². The first-order chi connectivity index (χ1) is 8.05. The van der Waals surface area contributed by atoms with Crippen LogP contribution in [0.2, 0.25) is 0 Å². The Morgan fingerprint density at radius 1 is 1.59 bits per heavy atom. The number of nitrogens with zero attached hydrogens (tertiary/aromatic N) is 1. The smallest absolute Gasteiger partial charge is 0.219 e. The van der Waals surface area contributed by atoms with Gasteiger partial charge >= 0.3 is 0 Å². The Labute approximate surface area is 101 Å². The van der Waals surface area contributed by atoms with Crippen molar-refractivity contribution in [2.75, 3.05) is 6.61 Å². The highest BCUT2D eigenvalue weighted by molar-refractivity contribution is 7.89. The Balaban J connectivity index is 2.17. The number of hydrogen-bond acceptors (Lipinski definition) is 4. The molecule has 0 spiro atoms. The van der Waals surface area contributed by atoms with Crippen LogP contribution < -0.4 is 0 Å². The van der Waals surface area contributed by atoms with Gasteiger partial charge in [-0.1, -0.05) is 0 Å². The summed E-state index contributed by atoms with van der Waals surface area (Å²) < 4.78 is 31.0. The number of sulfonamides is 1. The maximum Gasteiger partial charge on any atom is 0.219 e. The van der Waals surface area contributed by atoms with Gasteiger partial charge in [-0.2, -0.15) is 4.31 Å². The van der Waals surface area contributed by atoms with Crippen molar-refractivity contribution in [3.05, 3.63) is 24.2 Å². The minimum Gasteiger partial charge on any atom is -0.468 e. The van der Waals surface area contributed by atoms with Crippen molar-refractivity contribution >= 4 is 10.0 Å². The summed E-state index contributed by atoms with van der Waals surface area (Å²) in [7, 11) is -3.44. The first-order valence-electron chi connectivity index (χ1n) is 5.69. The molecule has 1 unspecified atom stereocenters. The molecule has 1 aliphatic carbocycles. The van der Waals surface area contributed by atoms with Gasteiger partial charge in [0.1, 0.15) is 5.76 Å². The number of rotatable bonds is 6. The standard InChI is InChI=1S/C11H17NO4S/c1-9(8-13)17(14,15)12(10-4-5-10)7-11-3-2-6-16-11/h2-3,6,9-10,13H,4-5,7-8H2,1H3. The summed E-state index contributed by atoms with van der Waals surface area (Å²) in [4.78, 5) is 0. The van der Waals surface area contributed by atoms with Crippen LogP contribution >= 0.6 is 0 Å². The summed E-state index contributed by atoms with van der Waals surface area (Å²) >= 11 is 0. The lowest BCUT2D eigenvalue weighted by atomic mass is 10.4. The Bertz CT molecular complexity index is 450. The molecular weight excluding hydrogens is 242 g/mol. The van der Waals surface area contributed by atoms with Crippen LogP contribution in [0.15, 0.2) is 22.8 Å².